The molecule has 0 aromatic carbocycles. The van der Waals surface area contributed by atoms with Crippen LogP contribution in [-0.4, -0.2) is 36.6 Å². The first-order valence-corrected chi connectivity index (χ1v) is 3.38. The van der Waals surface area contributed by atoms with E-state index in [1.165, 1.54) is 0 Å². The molecule has 0 unspecified atom stereocenters. The van der Waals surface area contributed by atoms with E-state index in [0.29, 0.717) is 13.2 Å². The minimum absolute atomic E-state index is 0.0826. The van der Waals surface area contributed by atoms with E-state index in [9.17, 15) is 4.79 Å². The molecule has 0 radical (unpaired) electrons. The molecule has 0 aromatic rings. The zero-order valence-corrected chi connectivity index (χ0v) is 6.08. The first-order valence-electron chi connectivity index (χ1n) is 3.38. The summed E-state index contributed by atoms with van der Waals surface area (Å²) >= 11 is 0. The fourth-order valence-corrected chi connectivity index (χ4v) is 1.02. The highest BCUT2D eigenvalue weighted by molar-refractivity contribution is 5.67. The summed E-state index contributed by atoms with van der Waals surface area (Å²) in [4.78, 5) is 10.3. The Morgan fingerprint density at radius 2 is 2.09 bits per heavy atom. The Bertz CT molecular complexity index is 153. The monoisotopic (exact) mass is 161 g/mol. The van der Waals surface area contributed by atoms with E-state index in [1.807, 2.05) is 0 Å². The van der Waals surface area contributed by atoms with Gasteiger partial charge in [0.15, 0.2) is 5.79 Å². The van der Waals surface area contributed by atoms with Gasteiger partial charge in [0.25, 0.3) is 0 Å². The number of carboxylic acid groups (broad SMARTS) is 1. The summed E-state index contributed by atoms with van der Waals surface area (Å²) in [5.41, 5.74) is 5.30. The lowest BCUT2D eigenvalue weighted by Gasteiger charge is -2.22. The van der Waals surface area contributed by atoms with Crippen molar-refractivity contribution in [2.24, 2.45) is 5.73 Å². The molecule has 64 valence electrons. The van der Waals surface area contributed by atoms with Crippen LogP contribution < -0.4 is 5.73 Å². The maximum Gasteiger partial charge on any atom is 0.308 e. The lowest BCUT2D eigenvalue weighted by Crippen LogP contribution is -2.41. The third-order valence-electron chi connectivity index (χ3n) is 1.55. The largest absolute Gasteiger partial charge is 0.481 e. The van der Waals surface area contributed by atoms with E-state index in [1.54, 1.807) is 0 Å². The summed E-state index contributed by atoms with van der Waals surface area (Å²) in [6.45, 7) is 0.925. The van der Waals surface area contributed by atoms with Crippen molar-refractivity contribution in [2.45, 2.75) is 12.2 Å². The van der Waals surface area contributed by atoms with Crippen molar-refractivity contribution in [1.82, 2.24) is 0 Å². The van der Waals surface area contributed by atoms with Gasteiger partial charge < -0.3 is 20.3 Å². The lowest BCUT2D eigenvalue weighted by atomic mass is 10.2. The predicted molar refractivity (Wildman–Crippen MR) is 35.9 cm³/mol. The Hall–Kier alpha value is -0.650. The van der Waals surface area contributed by atoms with Gasteiger partial charge in [0.05, 0.1) is 13.2 Å². The molecule has 1 saturated heterocycles. The van der Waals surface area contributed by atoms with Crippen molar-refractivity contribution in [2.75, 3.05) is 19.8 Å². The van der Waals surface area contributed by atoms with Gasteiger partial charge in [-0.25, -0.2) is 0 Å². The maximum atomic E-state index is 10.3. The maximum absolute atomic E-state index is 10.3. The highest BCUT2D eigenvalue weighted by Crippen LogP contribution is 2.21. The number of aliphatic carboxylic acids is 1. The fourth-order valence-electron chi connectivity index (χ4n) is 1.02. The summed E-state index contributed by atoms with van der Waals surface area (Å²) in [6.07, 6.45) is -0.191. The van der Waals surface area contributed by atoms with Gasteiger partial charge in [-0.1, -0.05) is 0 Å². The number of hydrogen-bond donors (Lipinski definition) is 2. The predicted octanol–water partition coefficient (Wildman–Crippen LogP) is -0.837. The molecule has 0 atom stereocenters. The molecular formula is C6H11NO4. The Morgan fingerprint density at radius 3 is 2.45 bits per heavy atom. The number of nitrogens with two attached hydrogens (primary N) is 1. The SMILES string of the molecule is NCC1(CC(=O)O)OCCO1. The first kappa shape index (κ1) is 8.45. The molecule has 0 amide bonds. The van der Waals surface area contributed by atoms with Crippen molar-refractivity contribution >= 4 is 5.97 Å². The van der Waals surface area contributed by atoms with Crippen molar-refractivity contribution in [1.29, 1.82) is 0 Å². The van der Waals surface area contributed by atoms with E-state index >= 15 is 0 Å². The third kappa shape index (κ3) is 1.89. The molecule has 1 fully saturated rings. The molecule has 0 aliphatic carbocycles. The van der Waals surface area contributed by atoms with Crippen LogP contribution in [0.4, 0.5) is 0 Å². The summed E-state index contributed by atoms with van der Waals surface area (Å²) < 4.78 is 10.1. The van der Waals surface area contributed by atoms with Crippen molar-refractivity contribution < 1.29 is 19.4 Å². The molecule has 1 aliphatic heterocycles. The van der Waals surface area contributed by atoms with E-state index in [-0.39, 0.29) is 13.0 Å². The molecule has 1 aliphatic rings. The molecule has 3 N–H and O–H groups in total. The fraction of sp³-hybridized carbons (Fsp3) is 0.833. The van der Waals surface area contributed by atoms with Crippen LogP contribution in [0.2, 0.25) is 0 Å². The average molecular weight is 161 g/mol. The zero-order chi connectivity index (χ0) is 8.32. The Kier molecular flexibility index (Phi) is 2.43. The molecule has 1 rings (SSSR count). The van der Waals surface area contributed by atoms with Crippen molar-refractivity contribution in [3.8, 4) is 0 Å². The van der Waals surface area contributed by atoms with E-state index < -0.39 is 11.8 Å². The van der Waals surface area contributed by atoms with Gasteiger partial charge >= 0.3 is 5.97 Å². The van der Waals surface area contributed by atoms with Gasteiger partial charge in [-0.2, -0.15) is 0 Å². The third-order valence-corrected chi connectivity index (χ3v) is 1.55. The second-order valence-electron chi connectivity index (χ2n) is 2.38. The molecule has 0 spiro atoms. The van der Waals surface area contributed by atoms with Crippen LogP contribution >= 0.6 is 0 Å². The quantitative estimate of drug-likeness (QED) is 0.564. The molecule has 1 heterocycles. The molecule has 5 nitrogen and oxygen atoms in total. The van der Waals surface area contributed by atoms with Crippen molar-refractivity contribution in [3.05, 3.63) is 0 Å². The Labute approximate surface area is 64.1 Å². The van der Waals surface area contributed by atoms with E-state index in [0.717, 1.165) is 0 Å². The van der Waals surface area contributed by atoms with Gasteiger partial charge in [-0.15, -0.1) is 0 Å². The summed E-state index contributed by atoms with van der Waals surface area (Å²) in [7, 11) is 0. The van der Waals surface area contributed by atoms with Crippen LogP contribution in [0, 0.1) is 0 Å². The molecule has 0 saturated carbocycles. The molecule has 11 heavy (non-hydrogen) atoms. The van der Waals surface area contributed by atoms with Crippen LogP contribution in [0.3, 0.4) is 0 Å². The smallest absolute Gasteiger partial charge is 0.308 e. The minimum Gasteiger partial charge on any atom is -0.481 e. The number of hydrogen-bond acceptors (Lipinski definition) is 4. The number of carboxylic acids is 1. The second-order valence-corrected chi connectivity index (χ2v) is 2.38. The molecular weight excluding hydrogens is 150 g/mol. The second kappa shape index (κ2) is 3.17. The van der Waals surface area contributed by atoms with Crippen LogP contribution in [0.5, 0.6) is 0 Å². The van der Waals surface area contributed by atoms with Gasteiger partial charge in [0.2, 0.25) is 0 Å². The highest BCUT2D eigenvalue weighted by atomic mass is 16.7. The first-order chi connectivity index (χ1) is 5.18. The van der Waals surface area contributed by atoms with Crippen LogP contribution in [-0.2, 0) is 14.3 Å². The van der Waals surface area contributed by atoms with Crippen LogP contribution in [0.15, 0.2) is 0 Å². The average Bonchev–Trinajstić information content (AvgIpc) is 2.36. The highest BCUT2D eigenvalue weighted by Gasteiger charge is 2.37. The Morgan fingerprint density at radius 1 is 1.55 bits per heavy atom. The number of carbonyl (C=O) groups is 1. The molecule has 0 aromatic heterocycles. The number of rotatable bonds is 3. The summed E-state index contributed by atoms with van der Waals surface area (Å²) in [5.74, 6) is -2.02. The number of ether oxygens (including phenoxy) is 2. The van der Waals surface area contributed by atoms with Crippen LogP contribution in [0.1, 0.15) is 6.42 Å². The van der Waals surface area contributed by atoms with Gasteiger partial charge in [-0.05, 0) is 0 Å². The summed E-state index contributed by atoms with van der Waals surface area (Å²) in [5, 5.41) is 8.45. The van der Waals surface area contributed by atoms with Gasteiger partial charge in [-0.3, -0.25) is 4.79 Å². The van der Waals surface area contributed by atoms with Crippen molar-refractivity contribution in [3.63, 3.8) is 0 Å². The van der Waals surface area contributed by atoms with Crippen LogP contribution in [0.25, 0.3) is 0 Å². The Balaban J connectivity index is 2.52. The topological polar surface area (TPSA) is 81.8 Å². The molecule has 0 bridgehead atoms. The zero-order valence-electron chi connectivity index (χ0n) is 6.08. The normalized spacial score (nSPS) is 21.9. The lowest BCUT2D eigenvalue weighted by molar-refractivity contribution is -0.173. The standard InChI is InChI=1S/C6H11NO4/c7-4-6(3-5(8)9)10-1-2-11-6/h1-4,7H2,(H,8,9). The van der Waals surface area contributed by atoms with Gasteiger partial charge in [0, 0.05) is 6.54 Å². The van der Waals surface area contributed by atoms with Gasteiger partial charge in [0.1, 0.15) is 6.42 Å². The van der Waals surface area contributed by atoms with E-state index in [4.69, 9.17) is 20.3 Å². The minimum atomic E-state index is -1.06. The van der Waals surface area contributed by atoms with E-state index in [2.05, 4.69) is 0 Å². The summed E-state index contributed by atoms with van der Waals surface area (Å²) in [6, 6.07) is 0. The molecule has 5 heteroatoms.